The molecule has 1 aromatic heterocycles. The number of carbonyl (C=O) groups is 1. The summed E-state index contributed by atoms with van der Waals surface area (Å²) in [4.78, 5) is 16.2. The van der Waals surface area contributed by atoms with Crippen LogP contribution < -0.4 is 5.32 Å². The van der Waals surface area contributed by atoms with Gasteiger partial charge in [0.1, 0.15) is 0 Å². The number of urea groups is 1. The predicted octanol–water partition coefficient (Wildman–Crippen LogP) is 1.67. The zero-order valence-corrected chi connectivity index (χ0v) is 14.0. The second-order valence-electron chi connectivity index (χ2n) is 5.61. The third-order valence-electron chi connectivity index (χ3n) is 4.01. The number of aliphatic hydroxyl groups is 1. The molecular weight excluding hydrogens is 330 g/mol. The third kappa shape index (κ3) is 3.87. The van der Waals surface area contributed by atoms with Crippen LogP contribution in [0.5, 0.6) is 0 Å². The minimum absolute atomic E-state index is 0.141. The van der Waals surface area contributed by atoms with E-state index in [4.69, 9.17) is 16.7 Å². The smallest absolute Gasteiger partial charge is 0.322 e. The number of rotatable bonds is 4. The first-order chi connectivity index (χ1) is 11.7. The highest BCUT2D eigenvalue weighted by molar-refractivity contribution is 6.32. The highest BCUT2D eigenvalue weighted by Crippen LogP contribution is 2.20. The fourth-order valence-electron chi connectivity index (χ4n) is 2.68. The molecule has 7 nitrogen and oxygen atoms in total. The summed E-state index contributed by atoms with van der Waals surface area (Å²) < 4.78 is 1.64. The summed E-state index contributed by atoms with van der Waals surface area (Å²) in [6.07, 6.45) is 3.34. The van der Waals surface area contributed by atoms with Crippen LogP contribution in [0.25, 0.3) is 5.69 Å². The first-order valence-corrected chi connectivity index (χ1v) is 8.24. The first-order valence-electron chi connectivity index (χ1n) is 7.86. The summed E-state index contributed by atoms with van der Waals surface area (Å²) in [5.74, 6) is 0. The summed E-state index contributed by atoms with van der Waals surface area (Å²) in [6, 6.07) is 7.25. The Hall–Kier alpha value is -2.09. The van der Waals surface area contributed by atoms with E-state index >= 15 is 0 Å². The van der Waals surface area contributed by atoms with E-state index in [0.29, 0.717) is 30.3 Å². The van der Waals surface area contributed by atoms with E-state index in [9.17, 15) is 4.79 Å². The number of nitrogens with zero attached hydrogens (tertiary/aromatic N) is 4. The number of hydrogen-bond acceptors (Lipinski definition) is 4. The monoisotopic (exact) mass is 349 g/mol. The number of anilines is 1. The molecule has 2 N–H and O–H groups in total. The van der Waals surface area contributed by atoms with Crippen molar-refractivity contribution in [1.29, 1.82) is 0 Å². The maximum absolute atomic E-state index is 12.3. The Morgan fingerprint density at radius 2 is 2.00 bits per heavy atom. The maximum atomic E-state index is 12.3. The molecule has 0 radical (unpaired) electrons. The molecule has 1 aliphatic heterocycles. The number of halogens is 1. The standard InChI is InChI=1S/C16H20ClN5O2/c17-14-3-1-2-4-15(14)22-12-13(11-18-22)19-16(24)21-7-5-20(6-8-21)9-10-23/h1-4,11-12,23H,5-10H2,(H,19,24). The Kier molecular flexibility index (Phi) is 5.34. The van der Waals surface area contributed by atoms with Crippen molar-refractivity contribution >= 4 is 23.3 Å². The minimum Gasteiger partial charge on any atom is -0.395 e. The molecular formula is C16H20ClN5O2. The number of aliphatic hydroxyl groups excluding tert-OH is 1. The van der Waals surface area contributed by atoms with Crippen LogP contribution in [-0.4, -0.2) is 70.0 Å². The number of nitrogens with one attached hydrogen (secondary N) is 1. The van der Waals surface area contributed by atoms with E-state index in [0.717, 1.165) is 18.8 Å². The van der Waals surface area contributed by atoms with Crippen LogP contribution in [0.15, 0.2) is 36.7 Å². The third-order valence-corrected chi connectivity index (χ3v) is 4.33. The lowest BCUT2D eigenvalue weighted by Crippen LogP contribution is -2.50. The van der Waals surface area contributed by atoms with Crippen molar-refractivity contribution in [1.82, 2.24) is 19.6 Å². The summed E-state index contributed by atoms with van der Waals surface area (Å²) in [6.45, 7) is 3.63. The fraction of sp³-hybridized carbons (Fsp3) is 0.375. The Balaban J connectivity index is 1.59. The van der Waals surface area contributed by atoms with Crippen molar-refractivity contribution in [2.24, 2.45) is 0 Å². The first kappa shape index (κ1) is 16.8. The average molecular weight is 350 g/mol. The fourth-order valence-corrected chi connectivity index (χ4v) is 2.90. The number of carbonyl (C=O) groups excluding carboxylic acids is 1. The molecule has 8 heteroatoms. The van der Waals surface area contributed by atoms with Gasteiger partial charge in [-0.2, -0.15) is 5.10 Å². The highest BCUT2D eigenvalue weighted by atomic mass is 35.5. The molecule has 2 heterocycles. The normalized spacial score (nSPS) is 15.5. The maximum Gasteiger partial charge on any atom is 0.322 e. The van der Waals surface area contributed by atoms with Gasteiger partial charge in [-0.15, -0.1) is 0 Å². The molecule has 0 atom stereocenters. The summed E-state index contributed by atoms with van der Waals surface area (Å²) in [5, 5.41) is 16.7. The van der Waals surface area contributed by atoms with Crippen molar-refractivity contribution in [2.75, 3.05) is 44.6 Å². The van der Waals surface area contributed by atoms with Crippen LogP contribution in [0.1, 0.15) is 0 Å². The number of benzene rings is 1. The van der Waals surface area contributed by atoms with Crippen molar-refractivity contribution in [3.05, 3.63) is 41.7 Å². The van der Waals surface area contributed by atoms with E-state index in [1.165, 1.54) is 0 Å². The van der Waals surface area contributed by atoms with E-state index < -0.39 is 0 Å². The molecule has 0 saturated carbocycles. The summed E-state index contributed by atoms with van der Waals surface area (Å²) >= 11 is 6.16. The van der Waals surface area contributed by atoms with Crippen LogP contribution in [-0.2, 0) is 0 Å². The molecule has 2 aromatic rings. The van der Waals surface area contributed by atoms with E-state index in [-0.39, 0.29) is 12.6 Å². The Labute approximate surface area is 145 Å². The molecule has 1 saturated heterocycles. The van der Waals surface area contributed by atoms with Crippen molar-refractivity contribution in [3.63, 3.8) is 0 Å². The Morgan fingerprint density at radius 1 is 1.25 bits per heavy atom. The number of piperazine rings is 1. The molecule has 128 valence electrons. The topological polar surface area (TPSA) is 73.6 Å². The molecule has 0 bridgehead atoms. The highest BCUT2D eigenvalue weighted by Gasteiger charge is 2.21. The van der Waals surface area contributed by atoms with Crippen molar-refractivity contribution < 1.29 is 9.90 Å². The Bertz CT molecular complexity index is 697. The van der Waals surface area contributed by atoms with E-state index in [2.05, 4.69) is 15.3 Å². The molecule has 3 rings (SSSR count). The van der Waals surface area contributed by atoms with Gasteiger partial charge < -0.3 is 15.3 Å². The molecule has 24 heavy (non-hydrogen) atoms. The number of aromatic nitrogens is 2. The Morgan fingerprint density at radius 3 is 2.71 bits per heavy atom. The second kappa shape index (κ2) is 7.65. The molecule has 1 aliphatic rings. The number of amides is 2. The van der Waals surface area contributed by atoms with Gasteiger partial charge in [-0.25, -0.2) is 9.48 Å². The van der Waals surface area contributed by atoms with Gasteiger partial charge in [0, 0.05) is 32.7 Å². The number of para-hydroxylation sites is 1. The quantitative estimate of drug-likeness (QED) is 0.880. The van der Waals surface area contributed by atoms with Gasteiger partial charge in [0.25, 0.3) is 0 Å². The van der Waals surface area contributed by atoms with Crippen molar-refractivity contribution in [3.8, 4) is 5.69 Å². The molecule has 2 amide bonds. The molecule has 1 fully saturated rings. The van der Waals surface area contributed by atoms with Crippen molar-refractivity contribution in [2.45, 2.75) is 0 Å². The van der Waals surface area contributed by atoms with Crippen LogP contribution in [0.2, 0.25) is 5.02 Å². The predicted molar refractivity (Wildman–Crippen MR) is 92.7 cm³/mol. The van der Waals surface area contributed by atoms with Gasteiger partial charge in [-0.3, -0.25) is 4.90 Å². The van der Waals surface area contributed by atoms with Gasteiger partial charge >= 0.3 is 6.03 Å². The van der Waals surface area contributed by atoms with Crippen LogP contribution in [0, 0.1) is 0 Å². The SMILES string of the molecule is O=C(Nc1cnn(-c2ccccc2Cl)c1)N1CCN(CCO)CC1. The van der Waals surface area contributed by atoms with Gasteiger partial charge in [-0.05, 0) is 12.1 Å². The lowest BCUT2D eigenvalue weighted by molar-refractivity contribution is 0.127. The molecule has 0 spiro atoms. The number of hydrogen-bond donors (Lipinski definition) is 2. The van der Waals surface area contributed by atoms with Gasteiger partial charge in [0.2, 0.25) is 0 Å². The van der Waals surface area contributed by atoms with Gasteiger partial charge in [-0.1, -0.05) is 23.7 Å². The lowest BCUT2D eigenvalue weighted by atomic mass is 10.3. The molecule has 1 aromatic carbocycles. The lowest BCUT2D eigenvalue weighted by Gasteiger charge is -2.34. The van der Waals surface area contributed by atoms with E-state index in [1.807, 2.05) is 18.2 Å². The average Bonchev–Trinajstić information content (AvgIpc) is 3.04. The minimum atomic E-state index is -0.141. The van der Waals surface area contributed by atoms with Crippen LogP contribution in [0.3, 0.4) is 0 Å². The van der Waals surface area contributed by atoms with Gasteiger partial charge in [0.05, 0.1) is 35.4 Å². The largest absolute Gasteiger partial charge is 0.395 e. The number of β-amino-alcohol motifs (C(OH)–C–C–N with tert-alkyl or cyclic N) is 1. The van der Waals surface area contributed by atoms with Crippen LogP contribution in [0.4, 0.5) is 10.5 Å². The molecule has 0 aliphatic carbocycles. The van der Waals surface area contributed by atoms with E-state index in [1.54, 1.807) is 28.0 Å². The van der Waals surface area contributed by atoms with Gasteiger partial charge in [0.15, 0.2) is 0 Å². The van der Waals surface area contributed by atoms with Crippen LogP contribution >= 0.6 is 11.6 Å². The zero-order chi connectivity index (χ0) is 16.9. The summed E-state index contributed by atoms with van der Waals surface area (Å²) in [7, 11) is 0. The second-order valence-corrected chi connectivity index (χ2v) is 6.01. The summed E-state index contributed by atoms with van der Waals surface area (Å²) in [5.41, 5.74) is 1.38. The zero-order valence-electron chi connectivity index (χ0n) is 13.2. The molecule has 0 unspecified atom stereocenters.